The predicted octanol–water partition coefficient (Wildman–Crippen LogP) is 1.06. The number of carbonyl (C=O) groups is 2. The lowest BCUT2D eigenvalue weighted by Gasteiger charge is -2.42. The Hall–Kier alpha value is -1.14. The maximum atomic E-state index is 13.1. The van der Waals surface area contributed by atoms with Crippen molar-refractivity contribution in [3.63, 3.8) is 0 Å². The van der Waals surface area contributed by atoms with E-state index in [9.17, 15) is 9.59 Å². The standard InChI is InChI=1S/C17H33N3O3/c1-8-19(11-15(21)18(6)7)17(22)16(12(2)3)20-9-13(4)23-14(5)10-20/h12-14,16H,8-11H2,1-7H3. The molecule has 1 fully saturated rings. The van der Waals surface area contributed by atoms with Gasteiger partial charge in [-0.25, -0.2) is 0 Å². The van der Waals surface area contributed by atoms with E-state index in [-0.39, 0.29) is 42.5 Å². The van der Waals surface area contributed by atoms with Gasteiger partial charge >= 0.3 is 0 Å². The molecule has 0 N–H and O–H groups in total. The highest BCUT2D eigenvalue weighted by Gasteiger charge is 2.36. The van der Waals surface area contributed by atoms with Gasteiger partial charge in [0, 0.05) is 33.7 Å². The smallest absolute Gasteiger partial charge is 0.241 e. The maximum Gasteiger partial charge on any atom is 0.241 e. The number of likely N-dealkylation sites (N-methyl/N-ethyl adjacent to an activating group) is 2. The molecule has 0 radical (unpaired) electrons. The molecule has 1 rings (SSSR count). The van der Waals surface area contributed by atoms with Gasteiger partial charge in [-0.05, 0) is 26.7 Å². The van der Waals surface area contributed by atoms with E-state index in [1.54, 1.807) is 19.0 Å². The van der Waals surface area contributed by atoms with Gasteiger partial charge in [-0.2, -0.15) is 0 Å². The fraction of sp³-hybridized carbons (Fsp3) is 0.882. The Labute approximate surface area is 140 Å². The molecule has 134 valence electrons. The number of nitrogens with zero attached hydrogens (tertiary/aromatic N) is 3. The van der Waals surface area contributed by atoms with Crippen LogP contribution in [0.1, 0.15) is 34.6 Å². The first-order chi connectivity index (χ1) is 10.7. The van der Waals surface area contributed by atoms with E-state index in [4.69, 9.17) is 4.74 Å². The summed E-state index contributed by atoms with van der Waals surface area (Å²) in [5.41, 5.74) is 0. The zero-order valence-corrected chi connectivity index (χ0v) is 15.7. The second kappa shape index (κ2) is 8.64. The van der Waals surface area contributed by atoms with Crippen molar-refractivity contribution in [2.24, 2.45) is 5.92 Å². The lowest BCUT2D eigenvalue weighted by molar-refractivity contribution is -0.149. The SMILES string of the molecule is CCN(CC(=O)N(C)C)C(=O)C(C(C)C)N1CC(C)OC(C)C1. The Bertz CT molecular complexity index is 402. The Morgan fingerprint density at radius 3 is 2.09 bits per heavy atom. The maximum absolute atomic E-state index is 13.1. The molecule has 6 nitrogen and oxygen atoms in total. The van der Waals surface area contributed by atoms with Gasteiger partial charge in [0.25, 0.3) is 0 Å². The third kappa shape index (κ3) is 5.46. The summed E-state index contributed by atoms with van der Waals surface area (Å²) < 4.78 is 5.78. The third-order valence-electron chi connectivity index (χ3n) is 4.24. The zero-order chi connectivity index (χ0) is 17.7. The summed E-state index contributed by atoms with van der Waals surface area (Å²) >= 11 is 0. The summed E-state index contributed by atoms with van der Waals surface area (Å²) in [5, 5.41) is 0. The van der Waals surface area contributed by atoms with Gasteiger partial charge in [-0.3, -0.25) is 14.5 Å². The topological polar surface area (TPSA) is 53.1 Å². The van der Waals surface area contributed by atoms with Crippen LogP contribution in [0.5, 0.6) is 0 Å². The molecule has 0 saturated carbocycles. The molecule has 0 aromatic heterocycles. The molecule has 0 bridgehead atoms. The van der Waals surface area contributed by atoms with Crippen LogP contribution < -0.4 is 0 Å². The van der Waals surface area contributed by atoms with Crippen LogP contribution in [-0.4, -0.2) is 85.0 Å². The average molecular weight is 327 g/mol. The minimum Gasteiger partial charge on any atom is -0.373 e. The highest BCUT2D eigenvalue weighted by Crippen LogP contribution is 2.20. The third-order valence-corrected chi connectivity index (χ3v) is 4.24. The molecule has 0 spiro atoms. The van der Waals surface area contributed by atoms with Crippen LogP contribution in [0.25, 0.3) is 0 Å². The lowest BCUT2D eigenvalue weighted by atomic mass is 9.99. The molecule has 1 heterocycles. The number of morpholine rings is 1. The van der Waals surface area contributed by atoms with Crippen molar-refractivity contribution in [3.8, 4) is 0 Å². The van der Waals surface area contributed by atoms with Crippen molar-refractivity contribution in [1.29, 1.82) is 0 Å². The number of rotatable bonds is 6. The van der Waals surface area contributed by atoms with Gasteiger partial charge in [-0.1, -0.05) is 13.8 Å². The number of hydrogen-bond acceptors (Lipinski definition) is 4. The Balaban J connectivity index is 2.89. The minimum atomic E-state index is -0.210. The van der Waals surface area contributed by atoms with Crippen molar-refractivity contribution in [1.82, 2.24) is 14.7 Å². The summed E-state index contributed by atoms with van der Waals surface area (Å²) in [5.74, 6) is 0.175. The van der Waals surface area contributed by atoms with Crippen molar-refractivity contribution in [2.45, 2.75) is 52.9 Å². The first-order valence-electron chi connectivity index (χ1n) is 8.55. The summed E-state index contributed by atoms with van der Waals surface area (Å²) in [6, 6.07) is -0.210. The van der Waals surface area contributed by atoms with Gasteiger partial charge in [0.1, 0.15) is 0 Å². The summed E-state index contributed by atoms with van der Waals surface area (Å²) in [4.78, 5) is 30.5. The van der Waals surface area contributed by atoms with E-state index in [1.165, 1.54) is 4.90 Å². The molecule has 3 atom stereocenters. The van der Waals surface area contributed by atoms with Crippen LogP contribution in [0.2, 0.25) is 0 Å². The first-order valence-corrected chi connectivity index (χ1v) is 8.55. The number of carbonyl (C=O) groups excluding carboxylic acids is 2. The zero-order valence-electron chi connectivity index (χ0n) is 15.7. The van der Waals surface area contributed by atoms with E-state index in [0.717, 1.165) is 13.1 Å². The average Bonchev–Trinajstić information content (AvgIpc) is 2.42. The summed E-state index contributed by atoms with van der Waals surface area (Å²) in [6.45, 7) is 12.3. The fourth-order valence-electron chi connectivity index (χ4n) is 3.15. The summed E-state index contributed by atoms with van der Waals surface area (Å²) in [6.07, 6.45) is 0.234. The van der Waals surface area contributed by atoms with Crippen molar-refractivity contribution in [2.75, 3.05) is 40.3 Å². The predicted molar refractivity (Wildman–Crippen MR) is 91.2 cm³/mol. The molecular weight excluding hydrogens is 294 g/mol. The molecule has 2 amide bonds. The number of hydrogen-bond donors (Lipinski definition) is 0. The largest absolute Gasteiger partial charge is 0.373 e. The first kappa shape index (κ1) is 19.9. The molecule has 0 aromatic carbocycles. The quantitative estimate of drug-likeness (QED) is 0.732. The van der Waals surface area contributed by atoms with Crippen LogP contribution in [0.4, 0.5) is 0 Å². The number of ether oxygens (including phenoxy) is 1. The Morgan fingerprint density at radius 2 is 1.70 bits per heavy atom. The molecule has 1 saturated heterocycles. The summed E-state index contributed by atoms with van der Waals surface area (Å²) in [7, 11) is 3.43. The normalized spacial score (nSPS) is 23.7. The van der Waals surface area contributed by atoms with E-state index >= 15 is 0 Å². The molecule has 6 heteroatoms. The van der Waals surface area contributed by atoms with Gasteiger partial charge in [0.05, 0.1) is 24.8 Å². The fourth-order valence-corrected chi connectivity index (χ4v) is 3.15. The van der Waals surface area contributed by atoms with E-state index < -0.39 is 0 Å². The highest BCUT2D eigenvalue weighted by atomic mass is 16.5. The van der Waals surface area contributed by atoms with Crippen molar-refractivity contribution < 1.29 is 14.3 Å². The molecule has 23 heavy (non-hydrogen) atoms. The van der Waals surface area contributed by atoms with Gasteiger partial charge < -0.3 is 14.5 Å². The van der Waals surface area contributed by atoms with Gasteiger partial charge in [-0.15, -0.1) is 0 Å². The van der Waals surface area contributed by atoms with Crippen LogP contribution >= 0.6 is 0 Å². The minimum absolute atomic E-state index is 0.0407. The van der Waals surface area contributed by atoms with Crippen LogP contribution in [0.15, 0.2) is 0 Å². The van der Waals surface area contributed by atoms with E-state index in [1.807, 2.05) is 20.8 Å². The Morgan fingerprint density at radius 1 is 1.17 bits per heavy atom. The van der Waals surface area contributed by atoms with Crippen LogP contribution in [0, 0.1) is 5.92 Å². The molecule has 1 aliphatic rings. The molecule has 0 aliphatic carbocycles. The number of amides is 2. The molecule has 3 unspecified atom stereocenters. The monoisotopic (exact) mass is 327 g/mol. The van der Waals surface area contributed by atoms with Gasteiger partial charge in [0.15, 0.2) is 0 Å². The van der Waals surface area contributed by atoms with Crippen molar-refractivity contribution >= 4 is 11.8 Å². The van der Waals surface area contributed by atoms with Crippen molar-refractivity contribution in [3.05, 3.63) is 0 Å². The lowest BCUT2D eigenvalue weighted by Crippen LogP contribution is -2.58. The van der Waals surface area contributed by atoms with Crippen LogP contribution in [0.3, 0.4) is 0 Å². The molecular formula is C17H33N3O3. The second-order valence-electron chi connectivity index (χ2n) is 7.04. The molecule has 1 aliphatic heterocycles. The van der Waals surface area contributed by atoms with Gasteiger partial charge in [0.2, 0.25) is 11.8 Å². The van der Waals surface area contributed by atoms with E-state index in [2.05, 4.69) is 18.7 Å². The molecule has 0 aromatic rings. The Kier molecular flexibility index (Phi) is 7.48. The highest BCUT2D eigenvalue weighted by molar-refractivity contribution is 5.87. The second-order valence-corrected chi connectivity index (χ2v) is 7.04. The van der Waals surface area contributed by atoms with E-state index in [0.29, 0.717) is 6.54 Å². The van der Waals surface area contributed by atoms with Crippen LogP contribution in [-0.2, 0) is 14.3 Å².